The molecule has 0 aliphatic rings. The lowest BCUT2D eigenvalue weighted by atomic mass is 10.3. The van der Waals surface area contributed by atoms with Gasteiger partial charge in [-0.2, -0.15) is 5.10 Å². The Morgan fingerprint density at radius 2 is 1.62 bits per heavy atom. The van der Waals surface area contributed by atoms with Crippen LogP contribution in [-0.2, 0) is 0 Å². The van der Waals surface area contributed by atoms with Crippen LogP contribution in [0.2, 0.25) is 0 Å². The van der Waals surface area contributed by atoms with Gasteiger partial charge in [-0.05, 0) is 55.5 Å². The van der Waals surface area contributed by atoms with Crippen LogP contribution in [0.15, 0.2) is 54.7 Å². The van der Waals surface area contributed by atoms with Crippen molar-refractivity contribution in [1.29, 1.82) is 0 Å². The molecular formula is C19H17F3N4O3. The van der Waals surface area contributed by atoms with E-state index < -0.39 is 12.4 Å². The number of benzene rings is 2. The van der Waals surface area contributed by atoms with Crippen molar-refractivity contribution >= 4 is 17.4 Å². The number of hydrogen-bond acceptors (Lipinski definition) is 4. The predicted molar refractivity (Wildman–Crippen MR) is 101 cm³/mol. The number of ether oxygens (including phenoxy) is 2. The molecule has 2 aromatic carbocycles. The van der Waals surface area contributed by atoms with Crippen LogP contribution in [0.1, 0.15) is 5.69 Å². The Bertz CT molecular complexity index is 983. The van der Waals surface area contributed by atoms with E-state index in [4.69, 9.17) is 4.74 Å². The van der Waals surface area contributed by atoms with E-state index in [1.54, 1.807) is 30.8 Å². The summed E-state index contributed by atoms with van der Waals surface area (Å²) in [6.07, 6.45) is -3.27. The van der Waals surface area contributed by atoms with Gasteiger partial charge in [-0.25, -0.2) is 9.48 Å². The Labute approximate surface area is 164 Å². The Hall–Kier alpha value is -3.69. The minimum atomic E-state index is -4.77. The van der Waals surface area contributed by atoms with Gasteiger partial charge >= 0.3 is 12.4 Å². The highest BCUT2D eigenvalue weighted by atomic mass is 19.4. The van der Waals surface area contributed by atoms with Gasteiger partial charge in [0.1, 0.15) is 11.5 Å². The maximum absolute atomic E-state index is 12.2. The zero-order valence-electron chi connectivity index (χ0n) is 15.4. The number of carbonyl (C=O) groups is 1. The van der Waals surface area contributed by atoms with Crippen molar-refractivity contribution in [3.8, 4) is 17.2 Å². The summed E-state index contributed by atoms with van der Waals surface area (Å²) in [6, 6.07) is 11.5. The fraction of sp³-hybridized carbons (Fsp3) is 0.158. The van der Waals surface area contributed by atoms with E-state index in [1.807, 2.05) is 12.1 Å². The normalized spacial score (nSPS) is 11.1. The number of carbonyl (C=O) groups excluding carboxylic acids is 1. The molecular weight excluding hydrogens is 389 g/mol. The van der Waals surface area contributed by atoms with E-state index in [9.17, 15) is 18.0 Å². The molecule has 3 aromatic rings. The third-order valence-corrected chi connectivity index (χ3v) is 3.92. The van der Waals surface area contributed by atoms with Gasteiger partial charge < -0.3 is 20.1 Å². The monoisotopic (exact) mass is 406 g/mol. The van der Waals surface area contributed by atoms with Gasteiger partial charge in [-0.1, -0.05) is 0 Å². The molecule has 0 bridgehead atoms. The second-order valence-corrected chi connectivity index (χ2v) is 5.90. The largest absolute Gasteiger partial charge is 0.573 e. The van der Waals surface area contributed by atoms with Crippen molar-refractivity contribution in [2.24, 2.45) is 0 Å². The number of amides is 2. The molecule has 0 aliphatic carbocycles. The fourth-order valence-electron chi connectivity index (χ4n) is 2.54. The van der Waals surface area contributed by atoms with E-state index in [0.717, 1.165) is 17.8 Å². The van der Waals surface area contributed by atoms with Gasteiger partial charge in [0.25, 0.3) is 0 Å². The number of anilines is 2. The highest BCUT2D eigenvalue weighted by Crippen LogP contribution is 2.24. The van der Waals surface area contributed by atoms with Gasteiger partial charge in [0.15, 0.2) is 0 Å². The fourth-order valence-corrected chi connectivity index (χ4v) is 2.54. The SMILES string of the molecule is COc1ccc(-n2ncc(NC(=O)Nc3ccc(OC(F)(F)F)cc3)c2C)cc1. The number of aromatic nitrogens is 2. The molecule has 0 radical (unpaired) electrons. The number of rotatable bonds is 5. The summed E-state index contributed by atoms with van der Waals surface area (Å²) in [7, 11) is 1.58. The van der Waals surface area contributed by atoms with E-state index in [2.05, 4.69) is 20.5 Å². The summed E-state index contributed by atoms with van der Waals surface area (Å²) >= 11 is 0. The molecule has 0 fully saturated rings. The van der Waals surface area contributed by atoms with Crippen LogP contribution >= 0.6 is 0 Å². The summed E-state index contributed by atoms with van der Waals surface area (Å²) in [4.78, 5) is 12.2. The average molecular weight is 406 g/mol. The maximum atomic E-state index is 12.2. The molecule has 0 saturated heterocycles. The van der Waals surface area contributed by atoms with Gasteiger partial charge in [0.05, 0.1) is 30.4 Å². The molecule has 2 amide bonds. The van der Waals surface area contributed by atoms with Crippen LogP contribution in [0.4, 0.5) is 29.3 Å². The van der Waals surface area contributed by atoms with Crippen LogP contribution in [0.25, 0.3) is 5.69 Å². The van der Waals surface area contributed by atoms with Crippen molar-refractivity contribution < 1.29 is 27.4 Å². The molecule has 0 atom stereocenters. The average Bonchev–Trinajstić information content (AvgIpc) is 3.02. The van der Waals surface area contributed by atoms with E-state index in [1.165, 1.54) is 18.3 Å². The van der Waals surface area contributed by atoms with E-state index in [-0.39, 0.29) is 5.75 Å². The Balaban J connectivity index is 1.64. The molecule has 0 unspecified atom stereocenters. The first-order chi connectivity index (χ1) is 13.7. The van der Waals surface area contributed by atoms with Crippen molar-refractivity contribution in [3.05, 3.63) is 60.4 Å². The van der Waals surface area contributed by atoms with E-state index >= 15 is 0 Å². The summed E-state index contributed by atoms with van der Waals surface area (Å²) in [6.45, 7) is 1.79. The van der Waals surface area contributed by atoms with Gasteiger partial charge in [0.2, 0.25) is 0 Å². The summed E-state index contributed by atoms with van der Waals surface area (Å²) in [5.74, 6) is 0.336. The Kier molecular flexibility index (Phi) is 5.62. The van der Waals surface area contributed by atoms with Crippen molar-refractivity contribution in [3.63, 3.8) is 0 Å². The van der Waals surface area contributed by atoms with Gasteiger partial charge in [-0.3, -0.25) is 0 Å². The van der Waals surface area contributed by atoms with Crippen molar-refractivity contribution in [2.45, 2.75) is 13.3 Å². The molecule has 29 heavy (non-hydrogen) atoms. The third kappa shape index (κ3) is 5.18. The first kappa shape index (κ1) is 20.1. The molecule has 1 heterocycles. The van der Waals surface area contributed by atoms with Crippen LogP contribution in [0, 0.1) is 6.92 Å². The maximum Gasteiger partial charge on any atom is 0.573 e. The van der Waals surface area contributed by atoms with Gasteiger partial charge in [-0.15, -0.1) is 13.2 Å². The second kappa shape index (κ2) is 8.13. The second-order valence-electron chi connectivity index (χ2n) is 5.90. The van der Waals surface area contributed by atoms with Crippen LogP contribution in [-0.4, -0.2) is 29.3 Å². The number of methoxy groups -OCH3 is 1. The summed E-state index contributed by atoms with van der Waals surface area (Å²) in [5, 5.41) is 9.44. The predicted octanol–water partition coefficient (Wildman–Crippen LogP) is 4.73. The Morgan fingerprint density at radius 3 is 2.21 bits per heavy atom. The van der Waals surface area contributed by atoms with E-state index in [0.29, 0.717) is 22.8 Å². The van der Waals surface area contributed by atoms with Gasteiger partial charge in [0, 0.05) is 5.69 Å². The number of urea groups is 1. The number of halogens is 3. The molecule has 10 heteroatoms. The number of nitrogens with one attached hydrogen (secondary N) is 2. The van der Waals surface area contributed by atoms with Crippen LogP contribution in [0.5, 0.6) is 11.5 Å². The number of alkyl halides is 3. The lowest BCUT2D eigenvalue weighted by molar-refractivity contribution is -0.274. The summed E-state index contributed by atoms with van der Waals surface area (Å²) < 4.78 is 47.1. The Morgan fingerprint density at radius 1 is 1.00 bits per heavy atom. The minimum absolute atomic E-state index is 0.303. The van der Waals surface area contributed by atoms with Crippen LogP contribution < -0.4 is 20.1 Å². The van der Waals surface area contributed by atoms with Crippen LogP contribution in [0.3, 0.4) is 0 Å². The number of nitrogens with zero attached hydrogens (tertiary/aromatic N) is 2. The third-order valence-electron chi connectivity index (χ3n) is 3.92. The van der Waals surface area contributed by atoms with Crippen molar-refractivity contribution in [2.75, 3.05) is 17.7 Å². The standard InChI is InChI=1S/C19H17F3N4O3/c1-12-17(11-23-26(12)14-5-9-15(28-2)10-6-14)25-18(27)24-13-3-7-16(8-4-13)29-19(20,21)22/h3-11H,1-2H3,(H2,24,25,27). The first-order valence-electron chi connectivity index (χ1n) is 8.38. The van der Waals surface area contributed by atoms with Crippen molar-refractivity contribution in [1.82, 2.24) is 9.78 Å². The molecule has 1 aromatic heterocycles. The molecule has 3 rings (SSSR count). The zero-order valence-corrected chi connectivity index (χ0v) is 15.4. The molecule has 2 N–H and O–H groups in total. The summed E-state index contributed by atoms with van der Waals surface area (Å²) in [5.41, 5.74) is 2.27. The highest BCUT2D eigenvalue weighted by molar-refractivity contribution is 6.00. The molecule has 7 nitrogen and oxygen atoms in total. The molecule has 0 saturated carbocycles. The first-order valence-corrected chi connectivity index (χ1v) is 8.38. The molecule has 152 valence electrons. The number of hydrogen-bond donors (Lipinski definition) is 2. The molecule has 0 spiro atoms. The topological polar surface area (TPSA) is 77.4 Å². The zero-order chi connectivity index (χ0) is 21.0. The molecule has 0 aliphatic heterocycles. The smallest absolute Gasteiger partial charge is 0.497 e. The lowest BCUT2D eigenvalue weighted by Gasteiger charge is -2.11. The quantitative estimate of drug-likeness (QED) is 0.642. The highest BCUT2D eigenvalue weighted by Gasteiger charge is 2.30. The minimum Gasteiger partial charge on any atom is -0.497 e. The lowest BCUT2D eigenvalue weighted by Crippen LogP contribution is -2.20.